The van der Waals surface area contributed by atoms with E-state index in [-0.39, 0.29) is 0 Å². The standard InChI is InChI=1S/C48H42O6/c1-49-43-22-40(23-44(28-43)50-2)32-15-13-31(14-16-32)37-19-38(33-9-7-11-35(17-33)41-24-45(51-3)29-46(25-41)52-4)21-39(20-37)34-10-8-12-36(18-34)42-26-47(53-5)30-48(27-42)54-6/h7-30H,1-6H3. The number of hydrogen-bond donors (Lipinski definition) is 0. The highest BCUT2D eigenvalue weighted by Gasteiger charge is 2.13. The van der Waals surface area contributed by atoms with Crippen LogP contribution in [0.2, 0.25) is 0 Å². The van der Waals surface area contributed by atoms with E-state index in [0.717, 1.165) is 101 Å². The highest BCUT2D eigenvalue weighted by atomic mass is 16.5. The zero-order valence-electron chi connectivity index (χ0n) is 31.3. The molecule has 0 amide bonds. The molecule has 0 atom stereocenters. The molecule has 0 radical (unpaired) electrons. The number of hydrogen-bond acceptors (Lipinski definition) is 6. The zero-order valence-corrected chi connectivity index (χ0v) is 31.3. The van der Waals surface area contributed by atoms with E-state index in [1.165, 1.54) is 0 Å². The third-order valence-electron chi connectivity index (χ3n) is 9.60. The monoisotopic (exact) mass is 714 g/mol. The molecule has 0 bridgehead atoms. The molecule has 0 saturated heterocycles. The number of benzene rings is 7. The van der Waals surface area contributed by atoms with Gasteiger partial charge in [0.1, 0.15) is 34.5 Å². The average Bonchev–Trinajstić information content (AvgIpc) is 3.25. The Balaban J connectivity index is 1.35. The maximum Gasteiger partial charge on any atom is 0.123 e. The predicted molar refractivity (Wildman–Crippen MR) is 218 cm³/mol. The molecule has 0 aliphatic carbocycles. The van der Waals surface area contributed by atoms with E-state index in [1.54, 1.807) is 42.7 Å². The number of ether oxygens (including phenoxy) is 6. The Bertz CT molecular complexity index is 2230. The minimum Gasteiger partial charge on any atom is -0.497 e. The van der Waals surface area contributed by atoms with Crippen molar-refractivity contribution in [2.75, 3.05) is 42.7 Å². The van der Waals surface area contributed by atoms with Gasteiger partial charge >= 0.3 is 0 Å². The molecule has 6 nitrogen and oxygen atoms in total. The molecular weight excluding hydrogens is 673 g/mol. The highest BCUT2D eigenvalue weighted by Crippen LogP contribution is 2.39. The number of methoxy groups -OCH3 is 6. The van der Waals surface area contributed by atoms with E-state index in [9.17, 15) is 0 Å². The van der Waals surface area contributed by atoms with Gasteiger partial charge in [-0.25, -0.2) is 0 Å². The van der Waals surface area contributed by atoms with Gasteiger partial charge in [0.25, 0.3) is 0 Å². The largest absolute Gasteiger partial charge is 0.497 e. The molecule has 54 heavy (non-hydrogen) atoms. The lowest BCUT2D eigenvalue weighted by molar-refractivity contribution is 0.394. The van der Waals surface area contributed by atoms with Gasteiger partial charge in [0.2, 0.25) is 0 Å². The van der Waals surface area contributed by atoms with Gasteiger partial charge in [0.15, 0.2) is 0 Å². The van der Waals surface area contributed by atoms with Crippen LogP contribution in [0.25, 0.3) is 66.8 Å². The molecule has 0 aromatic heterocycles. The van der Waals surface area contributed by atoms with Gasteiger partial charge < -0.3 is 28.4 Å². The van der Waals surface area contributed by atoms with Crippen molar-refractivity contribution in [2.45, 2.75) is 0 Å². The molecule has 6 heteroatoms. The van der Waals surface area contributed by atoms with Crippen molar-refractivity contribution in [3.8, 4) is 101 Å². The van der Waals surface area contributed by atoms with E-state index in [4.69, 9.17) is 28.4 Å². The summed E-state index contributed by atoms with van der Waals surface area (Å²) >= 11 is 0. The van der Waals surface area contributed by atoms with Crippen LogP contribution in [0.3, 0.4) is 0 Å². The zero-order chi connectivity index (χ0) is 37.6. The van der Waals surface area contributed by atoms with Crippen LogP contribution in [0.5, 0.6) is 34.5 Å². The summed E-state index contributed by atoms with van der Waals surface area (Å²) in [6, 6.07) is 50.4. The van der Waals surface area contributed by atoms with Crippen molar-refractivity contribution in [2.24, 2.45) is 0 Å². The molecule has 0 saturated carbocycles. The lowest BCUT2D eigenvalue weighted by atomic mass is 9.90. The minimum atomic E-state index is 0.739. The quantitative estimate of drug-likeness (QED) is 0.126. The van der Waals surface area contributed by atoms with Crippen LogP contribution < -0.4 is 28.4 Å². The highest BCUT2D eigenvalue weighted by molar-refractivity contribution is 5.85. The third kappa shape index (κ3) is 7.74. The topological polar surface area (TPSA) is 55.4 Å². The SMILES string of the molecule is COc1cc(OC)cc(-c2ccc(-c3cc(-c4cccc(-c5cc(OC)cc(OC)c5)c4)cc(-c4cccc(-c5cc(OC)cc(OC)c5)c4)c3)cc2)c1. The molecule has 0 aliphatic heterocycles. The fourth-order valence-corrected chi connectivity index (χ4v) is 6.66. The fraction of sp³-hybridized carbons (Fsp3) is 0.125. The summed E-state index contributed by atoms with van der Waals surface area (Å²) in [4.78, 5) is 0. The van der Waals surface area contributed by atoms with E-state index in [0.29, 0.717) is 0 Å². The maximum atomic E-state index is 5.58. The summed E-state index contributed by atoms with van der Waals surface area (Å²) in [5.41, 5.74) is 12.8. The summed E-state index contributed by atoms with van der Waals surface area (Å²) < 4.78 is 33.4. The molecule has 7 rings (SSSR count). The van der Waals surface area contributed by atoms with Crippen molar-refractivity contribution in [1.82, 2.24) is 0 Å². The van der Waals surface area contributed by atoms with Gasteiger partial charge in [0.05, 0.1) is 42.7 Å². The van der Waals surface area contributed by atoms with Gasteiger partial charge in [-0.3, -0.25) is 0 Å². The molecule has 0 heterocycles. The summed E-state index contributed by atoms with van der Waals surface area (Å²) in [6.07, 6.45) is 0. The summed E-state index contributed by atoms with van der Waals surface area (Å²) in [5.74, 6) is 4.45. The van der Waals surface area contributed by atoms with Gasteiger partial charge in [-0.1, -0.05) is 60.7 Å². The van der Waals surface area contributed by atoms with Crippen LogP contribution in [0.1, 0.15) is 0 Å². The molecule has 270 valence electrons. The smallest absolute Gasteiger partial charge is 0.123 e. The molecule has 0 unspecified atom stereocenters. The summed E-state index contributed by atoms with van der Waals surface area (Å²) in [5, 5.41) is 0. The second kappa shape index (κ2) is 15.9. The van der Waals surface area contributed by atoms with Crippen molar-refractivity contribution in [3.63, 3.8) is 0 Å². The van der Waals surface area contributed by atoms with Crippen LogP contribution in [0.4, 0.5) is 0 Å². The van der Waals surface area contributed by atoms with Crippen LogP contribution in [0, 0.1) is 0 Å². The van der Waals surface area contributed by atoms with Gasteiger partial charge in [-0.2, -0.15) is 0 Å². The molecule has 0 N–H and O–H groups in total. The summed E-state index contributed by atoms with van der Waals surface area (Å²) in [7, 11) is 10.0. The predicted octanol–water partition coefficient (Wildman–Crippen LogP) is 11.7. The average molecular weight is 715 g/mol. The summed E-state index contributed by atoms with van der Waals surface area (Å²) in [6.45, 7) is 0. The van der Waals surface area contributed by atoms with Crippen molar-refractivity contribution in [1.29, 1.82) is 0 Å². The fourth-order valence-electron chi connectivity index (χ4n) is 6.66. The van der Waals surface area contributed by atoms with E-state index < -0.39 is 0 Å². The first-order chi connectivity index (χ1) is 26.4. The Labute approximate surface area is 317 Å². The van der Waals surface area contributed by atoms with E-state index >= 15 is 0 Å². The second-order valence-corrected chi connectivity index (χ2v) is 12.8. The van der Waals surface area contributed by atoms with E-state index in [1.807, 2.05) is 54.6 Å². The maximum absolute atomic E-state index is 5.58. The molecule has 0 fully saturated rings. The van der Waals surface area contributed by atoms with Crippen molar-refractivity contribution >= 4 is 0 Å². The van der Waals surface area contributed by atoms with Crippen LogP contribution in [-0.4, -0.2) is 42.7 Å². The van der Waals surface area contributed by atoms with Gasteiger partial charge in [0, 0.05) is 18.2 Å². The van der Waals surface area contributed by atoms with Crippen molar-refractivity contribution < 1.29 is 28.4 Å². The van der Waals surface area contributed by atoms with Crippen LogP contribution >= 0.6 is 0 Å². The molecular formula is C48H42O6. The van der Waals surface area contributed by atoms with Gasteiger partial charge in [-0.15, -0.1) is 0 Å². The molecule has 7 aromatic rings. The first-order valence-electron chi connectivity index (χ1n) is 17.6. The Hall–Kier alpha value is -6.66. The normalized spacial score (nSPS) is 10.8. The molecule has 0 aliphatic rings. The van der Waals surface area contributed by atoms with Crippen molar-refractivity contribution in [3.05, 3.63) is 146 Å². The number of rotatable bonds is 12. The lowest BCUT2D eigenvalue weighted by Gasteiger charge is -2.15. The van der Waals surface area contributed by atoms with Crippen LogP contribution in [0.15, 0.2) is 146 Å². The second-order valence-electron chi connectivity index (χ2n) is 12.8. The Morgan fingerprint density at radius 1 is 0.204 bits per heavy atom. The van der Waals surface area contributed by atoms with E-state index in [2.05, 4.69) is 91.0 Å². The van der Waals surface area contributed by atoms with Gasteiger partial charge in [-0.05, 0) is 133 Å². The van der Waals surface area contributed by atoms with Crippen LogP contribution in [-0.2, 0) is 0 Å². The minimum absolute atomic E-state index is 0.739. The third-order valence-corrected chi connectivity index (χ3v) is 9.60. The lowest BCUT2D eigenvalue weighted by Crippen LogP contribution is -1.91. The molecule has 0 spiro atoms. The Morgan fingerprint density at radius 2 is 0.407 bits per heavy atom. The molecule has 7 aromatic carbocycles. The Morgan fingerprint density at radius 3 is 0.667 bits per heavy atom. The Kier molecular flexibility index (Phi) is 10.5. The first kappa shape index (κ1) is 35.7. The first-order valence-corrected chi connectivity index (χ1v) is 17.6.